The molecular weight excluding hydrogens is 212 g/mol. The normalized spacial score (nSPS) is 10.2. The molecule has 0 aliphatic carbocycles. The number of rotatable bonds is 3. The molecule has 88 valence electrons. The Labute approximate surface area is 101 Å². The van der Waals surface area contributed by atoms with E-state index in [4.69, 9.17) is 5.73 Å². The number of anilines is 2. The van der Waals surface area contributed by atoms with Gasteiger partial charge in [0, 0.05) is 17.6 Å². The van der Waals surface area contributed by atoms with E-state index in [1.165, 1.54) is 0 Å². The van der Waals surface area contributed by atoms with Crippen LogP contribution in [0.25, 0.3) is 0 Å². The minimum atomic E-state index is 0.663. The molecule has 0 spiro atoms. The molecule has 0 saturated heterocycles. The van der Waals surface area contributed by atoms with Crippen LogP contribution in [0, 0.1) is 13.8 Å². The first kappa shape index (κ1) is 11.4. The number of nitrogens with zero attached hydrogens (tertiary/aromatic N) is 2. The van der Waals surface area contributed by atoms with Crippen LogP contribution in [-0.2, 0) is 6.54 Å². The van der Waals surface area contributed by atoms with Gasteiger partial charge in [0.05, 0.1) is 24.1 Å². The van der Waals surface area contributed by atoms with Gasteiger partial charge >= 0.3 is 0 Å². The van der Waals surface area contributed by atoms with E-state index in [1.54, 1.807) is 12.4 Å². The van der Waals surface area contributed by atoms with Gasteiger partial charge in [-0.3, -0.25) is 9.97 Å². The molecule has 0 bridgehead atoms. The molecule has 1 heterocycles. The lowest BCUT2D eigenvalue weighted by Crippen LogP contribution is -2.03. The highest BCUT2D eigenvalue weighted by Crippen LogP contribution is 2.16. The van der Waals surface area contributed by atoms with Gasteiger partial charge in [0.2, 0.25) is 0 Å². The van der Waals surface area contributed by atoms with Crippen molar-refractivity contribution in [2.45, 2.75) is 20.4 Å². The first-order valence-corrected chi connectivity index (χ1v) is 5.52. The van der Waals surface area contributed by atoms with Gasteiger partial charge in [-0.1, -0.05) is 0 Å². The number of nitrogens with two attached hydrogens (primary N) is 1. The van der Waals surface area contributed by atoms with E-state index < -0.39 is 0 Å². The van der Waals surface area contributed by atoms with Crippen LogP contribution in [0.3, 0.4) is 0 Å². The minimum Gasteiger partial charge on any atom is -0.399 e. The maximum absolute atomic E-state index is 5.76. The van der Waals surface area contributed by atoms with E-state index in [9.17, 15) is 0 Å². The standard InChI is InChI=1S/C13H16N4/c1-9-5-11(3-4-13(9)14)17-8-12-7-15-10(2)6-16-12/h3-7,17H,8,14H2,1-2H3. The second-order valence-corrected chi connectivity index (χ2v) is 4.07. The van der Waals surface area contributed by atoms with E-state index in [0.717, 1.165) is 28.3 Å². The highest BCUT2D eigenvalue weighted by atomic mass is 14.9. The Morgan fingerprint density at radius 3 is 2.65 bits per heavy atom. The molecule has 4 heteroatoms. The van der Waals surface area contributed by atoms with E-state index in [-0.39, 0.29) is 0 Å². The summed E-state index contributed by atoms with van der Waals surface area (Å²) in [4.78, 5) is 8.48. The number of aromatic nitrogens is 2. The fourth-order valence-corrected chi connectivity index (χ4v) is 1.49. The van der Waals surface area contributed by atoms with Crippen LogP contribution in [-0.4, -0.2) is 9.97 Å². The van der Waals surface area contributed by atoms with E-state index in [2.05, 4.69) is 15.3 Å². The molecule has 1 aromatic carbocycles. The molecule has 0 radical (unpaired) electrons. The van der Waals surface area contributed by atoms with Crippen LogP contribution in [0.2, 0.25) is 0 Å². The van der Waals surface area contributed by atoms with Gasteiger partial charge < -0.3 is 11.1 Å². The fourth-order valence-electron chi connectivity index (χ4n) is 1.49. The molecule has 0 atom stereocenters. The highest BCUT2D eigenvalue weighted by molar-refractivity contribution is 5.56. The second-order valence-electron chi connectivity index (χ2n) is 4.07. The number of nitrogen functional groups attached to an aromatic ring is 1. The Hall–Kier alpha value is -2.10. The topological polar surface area (TPSA) is 63.8 Å². The molecule has 4 nitrogen and oxygen atoms in total. The smallest absolute Gasteiger partial charge is 0.0777 e. The lowest BCUT2D eigenvalue weighted by molar-refractivity contribution is 0.984. The van der Waals surface area contributed by atoms with Crippen LogP contribution >= 0.6 is 0 Å². The van der Waals surface area contributed by atoms with Crippen molar-refractivity contribution in [3.8, 4) is 0 Å². The predicted octanol–water partition coefficient (Wildman–Crippen LogP) is 2.29. The summed E-state index contributed by atoms with van der Waals surface area (Å²) in [5, 5.41) is 3.29. The summed E-state index contributed by atoms with van der Waals surface area (Å²) in [6, 6.07) is 5.89. The molecule has 2 rings (SSSR count). The SMILES string of the molecule is Cc1cnc(CNc2ccc(N)c(C)c2)cn1. The summed E-state index contributed by atoms with van der Waals surface area (Å²) in [5.74, 6) is 0. The monoisotopic (exact) mass is 228 g/mol. The van der Waals surface area contributed by atoms with Gasteiger partial charge in [-0.2, -0.15) is 0 Å². The van der Waals surface area contributed by atoms with Gasteiger partial charge in [0.1, 0.15) is 0 Å². The van der Waals surface area contributed by atoms with Crippen molar-refractivity contribution in [1.82, 2.24) is 9.97 Å². The molecular formula is C13H16N4. The molecule has 0 saturated carbocycles. The van der Waals surface area contributed by atoms with Gasteiger partial charge in [-0.05, 0) is 37.6 Å². The van der Waals surface area contributed by atoms with E-state index in [0.29, 0.717) is 6.54 Å². The largest absolute Gasteiger partial charge is 0.399 e. The average molecular weight is 228 g/mol. The summed E-state index contributed by atoms with van der Waals surface area (Å²) in [5.41, 5.74) is 10.5. The number of hydrogen-bond donors (Lipinski definition) is 2. The first-order valence-electron chi connectivity index (χ1n) is 5.52. The first-order chi connectivity index (χ1) is 8.15. The second kappa shape index (κ2) is 4.82. The molecule has 0 aliphatic heterocycles. The summed E-state index contributed by atoms with van der Waals surface area (Å²) >= 11 is 0. The van der Waals surface area contributed by atoms with Gasteiger partial charge in [-0.15, -0.1) is 0 Å². The van der Waals surface area contributed by atoms with Gasteiger partial charge in [0.25, 0.3) is 0 Å². The Morgan fingerprint density at radius 1 is 1.18 bits per heavy atom. The number of aryl methyl sites for hydroxylation is 2. The Kier molecular flexibility index (Phi) is 3.23. The number of benzene rings is 1. The third kappa shape index (κ3) is 2.93. The summed E-state index contributed by atoms with van der Waals surface area (Å²) in [6.07, 6.45) is 3.55. The van der Waals surface area contributed by atoms with Crippen LogP contribution in [0.4, 0.5) is 11.4 Å². The minimum absolute atomic E-state index is 0.663. The Bertz CT molecular complexity index is 505. The third-order valence-corrected chi connectivity index (χ3v) is 2.58. The Morgan fingerprint density at radius 2 is 2.00 bits per heavy atom. The van der Waals surface area contributed by atoms with Crippen molar-refractivity contribution in [2.24, 2.45) is 0 Å². The van der Waals surface area contributed by atoms with Crippen LogP contribution in [0.1, 0.15) is 17.0 Å². The molecule has 1 aromatic heterocycles. The van der Waals surface area contributed by atoms with Crippen LogP contribution in [0.15, 0.2) is 30.6 Å². The lowest BCUT2D eigenvalue weighted by atomic mass is 10.2. The average Bonchev–Trinajstić information content (AvgIpc) is 2.33. The van der Waals surface area contributed by atoms with E-state index in [1.807, 2.05) is 32.0 Å². The van der Waals surface area contributed by atoms with Crippen molar-refractivity contribution in [1.29, 1.82) is 0 Å². The van der Waals surface area contributed by atoms with Crippen molar-refractivity contribution in [3.05, 3.63) is 47.5 Å². The molecule has 0 fully saturated rings. The predicted molar refractivity (Wildman–Crippen MR) is 69.7 cm³/mol. The maximum Gasteiger partial charge on any atom is 0.0777 e. The van der Waals surface area contributed by atoms with E-state index >= 15 is 0 Å². The molecule has 17 heavy (non-hydrogen) atoms. The summed E-state index contributed by atoms with van der Waals surface area (Å²) in [7, 11) is 0. The molecule has 0 aliphatic rings. The summed E-state index contributed by atoms with van der Waals surface area (Å²) in [6.45, 7) is 4.58. The quantitative estimate of drug-likeness (QED) is 0.791. The van der Waals surface area contributed by atoms with Crippen LogP contribution < -0.4 is 11.1 Å². The molecule has 3 N–H and O–H groups in total. The van der Waals surface area contributed by atoms with Gasteiger partial charge in [0.15, 0.2) is 0 Å². The van der Waals surface area contributed by atoms with Crippen molar-refractivity contribution in [3.63, 3.8) is 0 Å². The zero-order valence-corrected chi connectivity index (χ0v) is 10.1. The molecule has 0 unspecified atom stereocenters. The molecule has 0 amide bonds. The number of hydrogen-bond acceptors (Lipinski definition) is 4. The highest BCUT2D eigenvalue weighted by Gasteiger charge is 1.98. The molecule has 2 aromatic rings. The third-order valence-electron chi connectivity index (χ3n) is 2.58. The van der Waals surface area contributed by atoms with Crippen molar-refractivity contribution < 1.29 is 0 Å². The number of nitrogens with one attached hydrogen (secondary N) is 1. The van der Waals surface area contributed by atoms with Crippen molar-refractivity contribution in [2.75, 3.05) is 11.1 Å². The lowest BCUT2D eigenvalue weighted by Gasteiger charge is -2.08. The maximum atomic E-state index is 5.76. The zero-order chi connectivity index (χ0) is 12.3. The summed E-state index contributed by atoms with van der Waals surface area (Å²) < 4.78 is 0. The van der Waals surface area contributed by atoms with Crippen molar-refractivity contribution >= 4 is 11.4 Å². The van der Waals surface area contributed by atoms with Crippen LogP contribution in [0.5, 0.6) is 0 Å². The fraction of sp³-hybridized carbons (Fsp3) is 0.231. The zero-order valence-electron chi connectivity index (χ0n) is 10.1. The Balaban J connectivity index is 2.02. The van der Waals surface area contributed by atoms with Gasteiger partial charge in [-0.25, -0.2) is 0 Å².